The Hall–Kier alpha value is -1.17. The van der Waals surface area contributed by atoms with Crippen molar-refractivity contribution in [3.8, 4) is 0 Å². The molecule has 0 saturated carbocycles. The van der Waals surface area contributed by atoms with Gasteiger partial charge in [0, 0.05) is 0 Å². The Morgan fingerprint density at radius 1 is 1.38 bits per heavy atom. The molecule has 94 valence electrons. The Labute approximate surface area is 96.5 Å². The van der Waals surface area contributed by atoms with Crippen molar-refractivity contribution < 1.29 is 9.53 Å². The van der Waals surface area contributed by atoms with Gasteiger partial charge in [0.1, 0.15) is 6.10 Å². The van der Waals surface area contributed by atoms with Gasteiger partial charge in [0.2, 0.25) is 0 Å². The molecule has 1 unspecified atom stereocenters. The number of rotatable bonds is 7. The van der Waals surface area contributed by atoms with Crippen molar-refractivity contribution in [1.82, 2.24) is 9.91 Å². The molecule has 0 aliphatic rings. The lowest BCUT2D eigenvalue weighted by Crippen LogP contribution is -2.31. The second-order valence-electron chi connectivity index (χ2n) is 3.96. The van der Waals surface area contributed by atoms with E-state index in [4.69, 9.17) is 4.74 Å². The largest absolute Gasteiger partial charge is 0.445 e. The van der Waals surface area contributed by atoms with Gasteiger partial charge in [-0.05, 0) is 40.4 Å². The lowest BCUT2D eigenvalue weighted by atomic mass is 10.3. The van der Waals surface area contributed by atoms with Crippen molar-refractivity contribution in [1.29, 1.82) is 0 Å². The minimum atomic E-state index is -0.664. The fourth-order valence-corrected chi connectivity index (χ4v) is 1.02. The molecule has 0 bridgehead atoms. The molecule has 0 rings (SSSR count). The van der Waals surface area contributed by atoms with Gasteiger partial charge < -0.3 is 9.64 Å². The van der Waals surface area contributed by atoms with E-state index >= 15 is 0 Å². The normalized spacial score (nSPS) is 12.3. The average Bonchev–Trinajstić information content (AvgIpc) is 2.23. The number of hydrogen-bond acceptors (Lipinski definition) is 5. The van der Waals surface area contributed by atoms with E-state index < -0.39 is 6.09 Å². The maximum atomic E-state index is 11.4. The summed E-state index contributed by atoms with van der Waals surface area (Å²) in [7, 11) is 3.85. The van der Waals surface area contributed by atoms with Crippen molar-refractivity contribution in [3.05, 3.63) is 4.91 Å². The zero-order valence-electron chi connectivity index (χ0n) is 10.5. The molecule has 16 heavy (non-hydrogen) atoms. The molecule has 0 fully saturated rings. The number of amides is 1. The molecule has 0 saturated heterocycles. The van der Waals surface area contributed by atoms with Crippen molar-refractivity contribution >= 4 is 6.09 Å². The Kier molecular flexibility index (Phi) is 7.45. The Morgan fingerprint density at radius 3 is 2.44 bits per heavy atom. The topological polar surface area (TPSA) is 62.2 Å². The van der Waals surface area contributed by atoms with E-state index in [0.29, 0.717) is 6.42 Å². The fourth-order valence-electron chi connectivity index (χ4n) is 1.02. The Balaban J connectivity index is 3.97. The van der Waals surface area contributed by atoms with Gasteiger partial charge in [-0.1, -0.05) is 6.92 Å². The van der Waals surface area contributed by atoms with Crippen LogP contribution in [0, 0.1) is 4.91 Å². The minimum absolute atomic E-state index is 0.189. The van der Waals surface area contributed by atoms with E-state index in [2.05, 4.69) is 5.29 Å². The van der Waals surface area contributed by atoms with Crippen LogP contribution in [-0.4, -0.2) is 49.3 Å². The molecule has 0 radical (unpaired) electrons. The third-order valence-electron chi connectivity index (χ3n) is 2.16. The van der Waals surface area contributed by atoms with Gasteiger partial charge in [-0.2, -0.15) is 5.01 Å². The van der Waals surface area contributed by atoms with Crippen LogP contribution in [0.2, 0.25) is 0 Å². The molecule has 0 aliphatic carbocycles. The van der Waals surface area contributed by atoms with E-state index in [-0.39, 0.29) is 12.6 Å². The summed E-state index contributed by atoms with van der Waals surface area (Å²) in [6, 6.07) is 0. The molecule has 0 aromatic heterocycles. The first-order valence-electron chi connectivity index (χ1n) is 5.47. The Bertz CT molecular complexity index is 221. The summed E-state index contributed by atoms with van der Waals surface area (Å²) in [4.78, 5) is 23.8. The second kappa shape index (κ2) is 8.04. The first-order valence-corrected chi connectivity index (χ1v) is 5.47. The predicted octanol–water partition coefficient (Wildman–Crippen LogP) is 1.86. The molecular weight excluding hydrogens is 210 g/mol. The fraction of sp³-hybridized carbons (Fsp3) is 0.900. The molecule has 0 aliphatic heterocycles. The third-order valence-corrected chi connectivity index (χ3v) is 2.16. The summed E-state index contributed by atoms with van der Waals surface area (Å²) in [6.07, 6.45) is 0.554. The number of carbonyl (C=O) groups is 1. The molecule has 1 atom stereocenters. The smallest absolute Gasteiger partial charge is 0.433 e. The standard InChI is InChI=1S/C10H21N3O3/c1-5-9(2)16-10(14)13(11-15)8-6-7-12(3)4/h9H,5-8H2,1-4H3. The van der Waals surface area contributed by atoms with E-state index in [9.17, 15) is 9.70 Å². The summed E-state index contributed by atoms with van der Waals surface area (Å²) in [5, 5.41) is 3.49. The lowest BCUT2D eigenvalue weighted by Gasteiger charge is -2.17. The minimum Gasteiger partial charge on any atom is -0.445 e. The third kappa shape index (κ3) is 6.34. The van der Waals surface area contributed by atoms with Crippen LogP contribution >= 0.6 is 0 Å². The molecule has 6 nitrogen and oxygen atoms in total. The zero-order valence-corrected chi connectivity index (χ0v) is 10.5. The summed E-state index contributed by atoms with van der Waals surface area (Å²) >= 11 is 0. The average molecular weight is 231 g/mol. The van der Waals surface area contributed by atoms with Crippen LogP contribution < -0.4 is 0 Å². The van der Waals surface area contributed by atoms with Crippen LogP contribution in [0.5, 0.6) is 0 Å². The van der Waals surface area contributed by atoms with Gasteiger partial charge in [0.25, 0.3) is 0 Å². The van der Waals surface area contributed by atoms with E-state index in [1.165, 1.54) is 0 Å². The molecule has 0 N–H and O–H groups in total. The highest BCUT2D eigenvalue weighted by atomic mass is 16.6. The first kappa shape index (κ1) is 14.8. The molecule has 0 aromatic rings. The summed E-state index contributed by atoms with van der Waals surface area (Å²) in [6.45, 7) is 4.77. The van der Waals surface area contributed by atoms with E-state index in [1.54, 1.807) is 6.92 Å². The van der Waals surface area contributed by atoms with Crippen molar-refractivity contribution in [2.75, 3.05) is 27.2 Å². The van der Waals surface area contributed by atoms with Crippen LogP contribution in [0.15, 0.2) is 5.29 Å². The number of nitroso groups, excluding NO2 is 1. The van der Waals surface area contributed by atoms with Gasteiger partial charge in [-0.15, -0.1) is 4.91 Å². The molecule has 1 amide bonds. The van der Waals surface area contributed by atoms with Crippen LogP contribution in [0.4, 0.5) is 4.79 Å². The maximum absolute atomic E-state index is 11.4. The number of hydrogen-bond donors (Lipinski definition) is 0. The van der Waals surface area contributed by atoms with Crippen LogP contribution in [0.1, 0.15) is 26.7 Å². The van der Waals surface area contributed by atoms with Gasteiger partial charge in [0.05, 0.1) is 11.8 Å². The lowest BCUT2D eigenvalue weighted by molar-refractivity contribution is 0.0678. The molecule has 0 heterocycles. The van der Waals surface area contributed by atoms with Crippen molar-refractivity contribution in [3.63, 3.8) is 0 Å². The molecule has 0 aromatic carbocycles. The highest BCUT2D eigenvalue weighted by Gasteiger charge is 2.17. The second-order valence-corrected chi connectivity index (χ2v) is 3.96. The number of nitrogens with zero attached hydrogens (tertiary/aromatic N) is 3. The molecule has 6 heteroatoms. The van der Waals surface area contributed by atoms with Crippen LogP contribution in [-0.2, 0) is 4.74 Å². The summed E-state index contributed by atoms with van der Waals surface area (Å²) in [5.74, 6) is 0. The summed E-state index contributed by atoms with van der Waals surface area (Å²) in [5.41, 5.74) is 0. The van der Waals surface area contributed by atoms with E-state index in [1.807, 2.05) is 25.9 Å². The predicted molar refractivity (Wildman–Crippen MR) is 61.9 cm³/mol. The quantitative estimate of drug-likeness (QED) is 0.495. The van der Waals surface area contributed by atoms with Crippen LogP contribution in [0.3, 0.4) is 0 Å². The number of ether oxygens (including phenoxy) is 1. The van der Waals surface area contributed by atoms with Gasteiger partial charge in [0.15, 0.2) is 0 Å². The van der Waals surface area contributed by atoms with E-state index in [0.717, 1.165) is 18.0 Å². The van der Waals surface area contributed by atoms with Gasteiger partial charge in [-0.25, -0.2) is 4.79 Å². The number of carbonyl (C=O) groups excluding carboxylic acids is 1. The monoisotopic (exact) mass is 231 g/mol. The first-order chi connectivity index (χ1) is 7.51. The maximum Gasteiger partial charge on any atom is 0.433 e. The summed E-state index contributed by atoms with van der Waals surface area (Å²) < 4.78 is 4.99. The highest BCUT2D eigenvalue weighted by Crippen LogP contribution is 2.03. The Morgan fingerprint density at radius 2 is 2.00 bits per heavy atom. The highest BCUT2D eigenvalue weighted by molar-refractivity contribution is 5.67. The van der Waals surface area contributed by atoms with Crippen LogP contribution in [0.25, 0.3) is 0 Å². The molecular formula is C10H21N3O3. The van der Waals surface area contributed by atoms with Crippen molar-refractivity contribution in [2.45, 2.75) is 32.8 Å². The van der Waals surface area contributed by atoms with Gasteiger partial charge >= 0.3 is 6.09 Å². The van der Waals surface area contributed by atoms with Crippen molar-refractivity contribution in [2.24, 2.45) is 5.29 Å². The zero-order chi connectivity index (χ0) is 12.6. The SMILES string of the molecule is CCC(C)OC(=O)N(CCCN(C)C)N=O. The molecule has 0 spiro atoms. The van der Waals surface area contributed by atoms with Gasteiger partial charge in [-0.3, -0.25) is 0 Å².